The summed E-state index contributed by atoms with van der Waals surface area (Å²) in [6.07, 6.45) is 7.69. The number of aliphatic imine (C=N–C) groups is 1. The van der Waals surface area contributed by atoms with Gasteiger partial charge in [-0.15, -0.1) is 0 Å². The number of halogens is 1. The monoisotopic (exact) mass is 465 g/mol. The van der Waals surface area contributed by atoms with E-state index in [2.05, 4.69) is 14.7 Å². The van der Waals surface area contributed by atoms with Gasteiger partial charge in [-0.1, -0.05) is 30.9 Å². The molecule has 0 bridgehead atoms. The molecule has 0 atom stereocenters. The maximum Gasteiger partial charge on any atom is 0.283 e. The number of carbonyl (C=O) groups excluding carboxylic acids is 1. The number of hydrazone groups is 1. The molecule has 3 heterocycles. The van der Waals surface area contributed by atoms with Gasteiger partial charge in [0.25, 0.3) is 5.91 Å². The molecule has 0 spiro atoms. The fraction of sp³-hybridized carbons (Fsp3) is 0.333. The summed E-state index contributed by atoms with van der Waals surface area (Å²) in [5.74, 6) is 0.121. The van der Waals surface area contributed by atoms with E-state index >= 15 is 0 Å². The average Bonchev–Trinajstić information content (AvgIpc) is 3.33. The van der Waals surface area contributed by atoms with Gasteiger partial charge in [0, 0.05) is 28.0 Å². The molecule has 2 aromatic rings. The van der Waals surface area contributed by atoms with Crippen molar-refractivity contribution in [2.75, 3.05) is 0 Å². The normalized spacial score (nSPS) is 20.6. The maximum absolute atomic E-state index is 12.8. The number of hydrogen-bond acceptors (Lipinski definition) is 4. The first-order valence-corrected chi connectivity index (χ1v) is 12.1. The Morgan fingerprint density at radius 2 is 1.88 bits per heavy atom. The minimum Gasteiger partial charge on any atom is -0.318 e. The number of amidine groups is 2. The quantitative estimate of drug-likeness (QED) is 0.569. The first-order chi connectivity index (χ1) is 15.4. The Morgan fingerprint density at radius 3 is 2.59 bits per heavy atom. The van der Waals surface area contributed by atoms with E-state index in [0.29, 0.717) is 16.1 Å². The number of thioether (sulfide) groups is 1. The molecular formula is C24H24ClN5OS. The summed E-state index contributed by atoms with van der Waals surface area (Å²) in [5.41, 5.74) is 4.16. The van der Waals surface area contributed by atoms with Gasteiger partial charge in [-0.25, -0.2) is 0 Å². The number of nitrogens with zero attached hydrogens (tertiary/aromatic N) is 4. The zero-order chi connectivity index (χ0) is 22.4. The molecule has 1 aromatic carbocycles. The number of benzene rings is 1. The molecule has 1 amide bonds. The Bertz CT molecular complexity index is 1200. The van der Waals surface area contributed by atoms with Crippen LogP contribution in [0.25, 0.3) is 11.8 Å². The summed E-state index contributed by atoms with van der Waals surface area (Å²) in [6, 6.07) is 9.67. The summed E-state index contributed by atoms with van der Waals surface area (Å²) in [6.45, 7) is 4.02. The molecule has 5 rings (SSSR count). The van der Waals surface area contributed by atoms with Crippen LogP contribution in [0, 0.1) is 25.2 Å². The minimum atomic E-state index is -0.384. The van der Waals surface area contributed by atoms with Crippen LogP contribution in [0.3, 0.4) is 0 Å². The standard InChI is InChI=1S/C24H24ClN5OS/c1-14-12-17(15(2)29(14)19-10-8-18(25)9-11-19)13-20-21(26)30-24(27-22(20)31)32-23(28-30)16-6-4-3-5-7-16/h8-13,16,26H,3-7H2,1-2H3/b20-13+,26-21?. The largest absolute Gasteiger partial charge is 0.318 e. The molecule has 0 saturated heterocycles. The van der Waals surface area contributed by atoms with E-state index in [-0.39, 0.29) is 17.3 Å². The van der Waals surface area contributed by atoms with E-state index in [9.17, 15) is 4.79 Å². The van der Waals surface area contributed by atoms with Crippen LogP contribution in [-0.2, 0) is 4.79 Å². The summed E-state index contributed by atoms with van der Waals surface area (Å²) in [5, 5.41) is 17.1. The van der Waals surface area contributed by atoms with Crippen LogP contribution < -0.4 is 0 Å². The minimum absolute atomic E-state index is 0.0922. The Morgan fingerprint density at radius 1 is 1.16 bits per heavy atom. The molecule has 2 aliphatic heterocycles. The van der Waals surface area contributed by atoms with Crippen molar-refractivity contribution in [2.24, 2.45) is 16.0 Å². The Hall–Kier alpha value is -2.64. The summed E-state index contributed by atoms with van der Waals surface area (Å²) < 4.78 is 2.11. The zero-order valence-corrected chi connectivity index (χ0v) is 19.6. The molecule has 1 N–H and O–H groups in total. The van der Waals surface area contributed by atoms with E-state index in [1.807, 2.05) is 44.2 Å². The number of carbonyl (C=O) groups is 1. The van der Waals surface area contributed by atoms with Crippen molar-refractivity contribution in [3.8, 4) is 5.69 Å². The van der Waals surface area contributed by atoms with Gasteiger partial charge in [-0.05, 0) is 80.4 Å². The molecular weight excluding hydrogens is 442 g/mol. The highest BCUT2D eigenvalue weighted by molar-refractivity contribution is 8.27. The van der Waals surface area contributed by atoms with Gasteiger partial charge in [0.1, 0.15) is 5.04 Å². The molecule has 1 aromatic heterocycles. The van der Waals surface area contributed by atoms with E-state index in [4.69, 9.17) is 17.0 Å². The molecule has 3 aliphatic rings. The van der Waals surface area contributed by atoms with Crippen LogP contribution in [0.1, 0.15) is 49.1 Å². The molecule has 0 radical (unpaired) electrons. The van der Waals surface area contributed by atoms with E-state index in [1.54, 1.807) is 6.08 Å². The molecule has 164 valence electrons. The van der Waals surface area contributed by atoms with Crippen LogP contribution in [-0.4, -0.2) is 31.5 Å². The van der Waals surface area contributed by atoms with Crippen molar-refractivity contribution in [3.05, 3.63) is 57.9 Å². The average molecular weight is 466 g/mol. The third-order valence-corrected chi connectivity index (χ3v) is 7.60. The first-order valence-electron chi connectivity index (χ1n) is 10.9. The highest BCUT2D eigenvalue weighted by Gasteiger charge is 2.38. The smallest absolute Gasteiger partial charge is 0.283 e. The number of fused-ring (bicyclic) bond motifs is 1. The number of nitrogens with one attached hydrogen (secondary N) is 1. The second-order valence-electron chi connectivity index (χ2n) is 8.43. The lowest BCUT2D eigenvalue weighted by atomic mass is 9.90. The number of amides is 1. The lowest BCUT2D eigenvalue weighted by molar-refractivity contribution is -0.114. The maximum atomic E-state index is 12.8. The predicted molar refractivity (Wildman–Crippen MR) is 132 cm³/mol. The topological polar surface area (TPSA) is 73.8 Å². The Kier molecular flexibility index (Phi) is 5.55. The second kappa shape index (κ2) is 8.37. The molecule has 0 unspecified atom stereocenters. The van der Waals surface area contributed by atoms with Crippen LogP contribution >= 0.6 is 23.4 Å². The predicted octanol–water partition coefficient (Wildman–Crippen LogP) is 5.95. The summed E-state index contributed by atoms with van der Waals surface area (Å²) in [4.78, 5) is 17.1. The summed E-state index contributed by atoms with van der Waals surface area (Å²) in [7, 11) is 0. The van der Waals surface area contributed by atoms with Crippen LogP contribution in [0.2, 0.25) is 5.02 Å². The Labute approximate surface area is 196 Å². The highest BCUT2D eigenvalue weighted by atomic mass is 35.5. The lowest BCUT2D eigenvalue weighted by Crippen LogP contribution is -2.35. The van der Waals surface area contributed by atoms with E-state index < -0.39 is 0 Å². The van der Waals surface area contributed by atoms with Crippen molar-refractivity contribution in [1.82, 2.24) is 9.58 Å². The molecule has 8 heteroatoms. The van der Waals surface area contributed by atoms with E-state index in [0.717, 1.165) is 40.5 Å². The van der Waals surface area contributed by atoms with Gasteiger partial charge in [0.15, 0.2) is 5.84 Å². The Balaban J connectivity index is 1.47. The number of hydrogen-bond donors (Lipinski definition) is 1. The first kappa shape index (κ1) is 21.2. The SMILES string of the molecule is Cc1cc(/C=C2\C(=N)N3N=C(C4CCCCC4)SC3=NC2=O)c(C)n1-c1ccc(Cl)cc1. The third-order valence-electron chi connectivity index (χ3n) is 6.28. The van der Waals surface area contributed by atoms with Gasteiger partial charge in [-0.3, -0.25) is 10.2 Å². The number of rotatable bonds is 3. The van der Waals surface area contributed by atoms with Crippen LogP contribution in [0.15, 0.2) is 46.0 Å². The number of aryl methyl sites for hydroxylation is 1. The third kappa shape index (κ3) is 3.73. The van der Waals surface area contributed by atoms with Gasteiger partial charge in [-0.2, -0.15) is 15.1 Å². The molecule has 6 nitrogen and oxygen atoms in total. The summed E-state index contributed by atoms with van der Waals surface area (Å²) >= 11 is 7.49. The van der Waals surface area contributed by atoms with Crippen molar-refractivity contribution in [1.29, 1.82) is 5.41 Å². The van der Waals surface area contributed by atoms with Crippen LogP contribution in [0.4, 0.5) is 0 Å². The molecule has 32 heavy (non-hydrogen) atoms. The molecule has 1 aliphatic carbocycles. The fourth-order valence-electron chi connectivity index (χ4n) is 4.60. The highest BCUT2D eigenvalue weighted by Crippen LogP contribution is 2.36. The van der Waals surface area contributed by atoms with Crippen molar-refractivity contribution in [2.45, 2.75) is 46.0 Å². The van der Waals surface area contributed by atoms with Gasteiger partial charge in [0.05, 0.1) is 5.57 Å². The lowest BCUT2D eigenvalue weighted by Gasteiger charge is -2.20. The molecule has 1 fully saturated rings. The zero-order valence-electron chi connectivity index (χ0n) is 18.1. The van der Waals surface area contributed by atoms with Gasteiger partial charge in [0.2, 0.25) is 5.17 Å². The fourth-order valence-corrected chi connectivity index (χ4v) is 5.78. The number of aromatic nitrogens is 1. The second-order valence-corrected chi connectivity index (χ2v) is 9.86. The van der Waals surface area contributed by atoms with Crippen molar-refractivity contribution in [3.63, 3.8) is 0 Å². The van der Waals surface area contributed by atoms with Crippen LogP contribution in [0.5, 0.6) is 0 Å². The molecule has 1 saturated carbocycles. The van der Waals surface area contributed by atoms with Gasteiger partial charge < -0.3 is 4.57 Å². The van der Waals surface area contributed by atoms with Crippen molar-refractivity contribution >= 4 is 51.4 Å². The van der Waals surface area contributed by atoms with Crippen molar-refractivity contribution < 1.29 is 4.79 Å². The van der Waals surface area contributed by atoms with Gasteiger partial charge >= 0.3 is 0 Å². The van der Waals surface area contributed by atoms with E-state index in [1.165, 1.54) is 36.0 Å².